The van der Waals surface area contributed by atoms with Crippen LogP contribution in [0, 0.1) is 6.92 Å². The van der Waals surface area contributed by atoms with Crippen LogP contribution in [-0.4, -0.2) is 32.8 Å². The average molecular weight is 350 g/mol. The molecule has 0 spiro atoms. The van der Waals surface area contributed by atoms with Crippen LogP contribution in [0.3, 0.4) is 0 Å². The van der Waals surface area contributed by atoms with Crippen LogP contribution in [0.5, 0.6) is 0 Å². The van der Waals surface area contributed by atoms with E-state index in [1.807, 2.05) is 13.0 Å². The molecule has 6 nitrogen and oxygen atoms in total. The van der Waals surface area contributed by atoms with E-state index in [0.717, 1.165) is 12.8 Å². The average Bonchev–Trinajstić information content (AvgIpc) is 2.93. The van der Waals surface area contributed by atoms with Crippen molar-refractivity contribution in [3.63, 3.8) is 0 Å². The number of nitrogens with one attached hydrogen (secondary N) is 1. The first-order chi connectivity index (χ1) is 11.4. The van der Waals surface area contributed by atoms with Gasteiger partial charge in [-0.15, -0.1) is 0 Å². The lowest BCUT2D eigenvalue weighted by Crippen LogP contribution is -2.41. The molecule has 0 bridgehead atoms. The van der Waals surface area contributed by atoms with Gasteiger partial charge in [0.15, 0.2) is 5.69 Å². The number of aromatic nitrogens is 2. The van der Waals surface area contributed by atoms with Gasteiger partial charge in [-0.2, -0.15) is 5.10 Å². The highest BCUT2D eigenvalue weighted by Gasteiger charge is 2.23. The van der Waals surface area contributed by atoms with Gasteiger partial charge in [0.05, 0.1) is 10.7 Å². The Labute approximate surface area is 145 Å². The minimum atomic E-state index is -1.04. The van der Waals surface area contributed by atoms with E-state index >= 15 is 0 Å². The summed E-state index contributed by atoms with van der Waals surface area (Å²) in [5.41, 5.74) is 1.49. The Morgan fingerprint density at radius 3 is 2.71 bits per heavy atom. The summed E-state index contributed by atoms with van der Waals surface area (Å²) in [7, 11) is 0. The van der Waals surface area contributed by atoms with Gasteiger partial charge in [0.25, 0.3) is 5.91 Å². The molecule has 24 heavy (non-hydrogen) atoms. The molecule has 2 aromatic rings. The number of carbonyl (C=O) groups excluding carboxylic acids is 1. The summed E-state index contributed by atoms with van der Waals surface area (Å²) < 4.78 is 1.52. The zero-order chi connectivity index (χ0) is 17.7. The third-order valence-corrected chi connectivity index (χ3v) is 3.98. The Morgan fingerprint density at radius 2 is 2.08 bits per heavy atom. The fraction of sp³-hybridized carbons (Fsp3) is 0.353. The lowest BCUT2D eigenvalue weighted by atomic mass is 10.1. The predicted molar refractivity (Wildman–Crippen MR) is 91.7 cm³/mol. The van der Waals surface area contributed by atoms with Crippen molar-refractivity contribution in [1.82, 2.24) is 15.1 Å². The molecule has 1 aromatic carbocycles. The molecule has 0 fully saturated rings. The van der Waals surface area contributed by atoms with Gasteiger partial charge in [0.2, 0.25) is 0 Å². The van der Waals surface area contributed by atoms with Crippen molar-refractivity contribution in [2.75, 3.05) is 0 Å². The Hall–Kier alpha value is -2.34. The topological polar surface area (TPSA) is 84.2 Å². The van der Waals surface area contributed by atoms with Gasteiger partial charge in [0, 0.05) is 11.8 Å². The normalized spacial score (nSPS) is 12.0. The van der Waals surface area contributed by atoms with E-state index in [4.69, 9.17) is 11.6 Å². The number of benzene rings is 1. The van der Waals surface area contributed by atoms with Crippen LogP contribution >= 0.6 is 11.6 Å². The molecule has 1 amide bonds. The fourth-order valence-electron chi connectivity index (χ4n) is 2.34. The Bertz CT molecular complexity index is 742. The lowest BCUT2D eigenvalue weighted by Gasteiger charge is -2.13. The molecule has 128 valence electrons. The highest BCUT2D eigenvalue weighted by atomic mass is 35.5. The van der Waals surface area contributed by atoms with Crippen LogP contribution in [-0.2, 0) is 4.79 Å². The van der Waals surface area contributed by atoms with Crippen molar-refractivity contribution < 1.29 is 14.7 Å². The maximum Gasteiger partial charge on any atom is 0.326 e. The number of carboxylic acid groups (broad SMARTS) is 1. The van der Waals surface area contributed by atoms with E-state index in [1.54, 1.807) is 31.3 Å². The minimum Gasteiger partial charge on any atom is -0.480 e. The van der Waals surface area contributed by atoms with Crippen LogP contribution < -0.4 is 5.32 Å². The van der Waals surface area contributed by atoms with Gasteiger partial charge in [-0.25, -0.2) is 9.48 Å². The van der Waals surface area contributed by atoms with Gasteiger partial charge < -0.3 is 10.4 Å². The van der Waals surface area contributed by atoms with Crippen LogP contribution in [0.4, 0.5) is 0 Å². The third kappa shape index (κ3) is 4.14. The van der Waals surface area contributed by atoms with Crippen molar-refractivity contribution in [1.29, 1.82) is 0 Å². The first-order valence-corrected chi connectivity index (χ1v) is 8.16. The second kappa shape index (κ2) is 7.97. The second-order valence-corrected chi connectivity index (χ2v) is 5.97. The predicted octanol–water partition coefficient (Wildman–Crippen LogP) is 3.21. The molecule has 2 rings (SSSR count). The Morgan fingerprint density at radius 1 is 1.38 bits per heavy atom. The minimum absolute atomic E-state index is 0.192. The maximum atomic E-state index is 12.4. The number of hydrogen-bond acceptors (Lipinski definition) is 3. The molecule has 0 saturated carbocycles. The number of amides is 1. The van der Waals surface area contributed by atoms with Crippen molar-refractivity contribution in [3.8, 4) is 5.69 Å². The van der Waals surface area contributed by atoms with Gasteiger partial charge in [-0.3, -0.25) is 4.79 Å². The summed E-state index contributed by atoms with van der Waals surface area (Å²) in [5.74, 6) is -1.54. The van der Waals surface area contributed by atoms with Gasteiger partial charge >= 0.3 is 5.97 Å². The second-order valence-electron chi connectivity index (χ2n) is 5.56. The Kier molecular flexibility index (Phi) is 5.98. The fourth-order valence-corrected chi connectivity index (χ4v) is 2.56. The number of para-hydroxylation sites is 1. The molecule has 7 heteroatoms. The number of hydrogen-bond donors (Lipinski definition) is 2. The number of halogens is 1. The molecule has 0 saturated heterocycles. The zero-order valence-electron chi connectivity index (χ0n) is 13.6. The van der Waals surface area contributed by atoms with Gasteiger partial charge in [-0.05, 0) is 25.5 Å². The van der Waals surface area contributed by atoms with Gasteiger partial charge in [-0.1, -0.05) is 43.5 Å². The number of nitrogens with zero attached hydrogens (tertiary/aromatic N) is 2. The summed E-state index contributed by atoms with van der Waals surface area (Å²) in [5, 5.41) is 16.5. The number of unbranched alkanes of at least 4 members (excludes halogenated alkanes) is 1. The Balaban J connectivity index is 2.21. The highest BCUT2D eigenvalue weighted by molar-refractivity contribution is 6.32. The molecule has 1 unspecified atom stereocenters. The molecular weight excluding hydrogens is 330 g/mol. The number of aryl methyl sites for hydroxylation is 1. The smallest absolute Gasteiger partial charge is 0.326 e. The van der Waals surface area contributed by atoms with E-state index in [0.29, 0.717) is 22.7 Å². The van der Waals surface area contributed by atoms with Crippen molar-refractivity contribution in [3.05, 3.63) is 46.7 Å². The van der Waals surface area contributed by atoms with E-state index in [1.165, 1.54) is 4.68 Å². The first kappa shape index (κ1) is 18.0. The molecule has 0 aliphatic rings. The quantitative estimate of drug-likeness (QED) is 0.803. The molecule has 0 aliphatic heterocycles. The number of carbonyl (C=O) groups is 2. The zero-order valence-corrected chi connectivity index (χ0v) is 14.4. The van der Waals surface area contributed by atoms with E-state index in [2.05, 4.69) is 10.4 Å². The van der Waals surface area contributed by atoms with Crippen LogP contribution in [0.25, 0.3) is 5.69 Å². The van der Waals surface area contributed by atoms with Crippen molar-refractivity contribution in [2.45, 2.75) is 39.2 Å². The summed E-state index contributed by atoms with van der Waals surface area (Å²) in [6.07, 6.45) is 3.67. The molecule has 0 radical (unpaired) electrons. The summed E-state index contributed by atoms with van der Waals surface area (Å²) in [6, 6.07) is 6.24. The lowest BCUT2D eigenvalue weighted by molar-refractivity contribution is -0.139. The molecule has 1 aromatic heterocycles. The van der Waals surface area contributed by atoms with Crippen molar-refractivity contribution in [2.24, 2.45) is 0 Å². The largest absolute Gasteiger partial charge is 0.480 e. The third-order valence-electron chi connectivity index (χ3n) is 3.66. The number of rotatable bonds is 7. The molecule has 1 atom stereocenters. The van der Waals surface area contributed by atoms with Crippen molar-refractivity contribution >= 4 is 23.5 Å². The standard InChI is InChI=1S/C17H20ClN3O3/c1-3-4-8-13(17(23)24)19-16(22)15-11(2)10-21(20-15)14-9-6-5-7-12(14)18/h5-7,9-10,13H,3-4,8H2,1-2H3,(H,19,22)(H,23,24). The van der Waals surface area contributed by atoms with Gasteiger partial charge in [0.1, 0.15) is 6.04 Å². The summed E-state index contributed by atoms with van der Waals surface area (Å²) in [6.45, 7) is 3.72. The number of aliphatic carboxylic acids is 1. The van der Waals surface area contributed by atoms with Crippen LogP contribution in [0.2, 0.25) is 5.02 Å². The molecule has 2 N–H and O–H groups in total. The number of carboxylic acids is 1. The molecule has 0 aliphatic carbocycles. The maximum absolute atomic E-state index is 12.4. The van der Waals surface area contributed by atoms with Crippen LogP contribution in [0.1, 0.15) is 42.2 Å². The first-order valence-electron chi connectivity index (χ1n) is 7.78. The van der Waals surface area contributed by atoms with E-state index in [-0.39, 0.29) is 5.69 Å². The highest BCUT2D eigenvalue weighted by Crippen LogP contribution is 2.20. The monoisotopic (exact) mass is 349 g/mol. The summed E-state index contributed by atoms with van der Waals surface area (Å²) >= 11 is 6.14. The van der Waals surface area contributed by atoms with Crippen LogP contribution in [0.15, 0.2) is 30.5 Å². The molecular formula is C17H20ClN3O3. The molecule has 1 heterocycles. The van der Waals surface area contributed by atoms with E-state index in [9.17, 15) is 14.7 Å². The van der Waals surface area contributed by atoms with E-state index < -0.39 is 17.9 Å². The summed E-state index contributed by atoms with van der Waals surface area (Å²) in [4.78, 5) is 23.7. The SMILES string of the molecule is CCCCC(NC(=O)c1nn(-c2ccccc2Cl)cc1C)C(=O)O.